The lowest BCUT2D eigenvalue weighted by Crippen LogP contribution is -2.69. The molecule has 0 aliphatic carbocycles. The number of benzene rings is 1. The lowest BCUT2D eigenvalue weighted by Gasteiger charge is -2.41. The first-order chi connectivity index (χ1) is 17.0. The number of hydrogen-bond acceptors (Lipinski definition) is 9. The quantitative estimate of drug-likeness (QED) is 0.177. The number of ketones is 1. The van der Waals surface area contributed by atoms with Gasteiger partial charge >= 0.3 is 5.97 Å². The summed E-state index contributed by atoms with van der Waals surface area (Å²) in [7, 11) is 1.56. The molecule has 0 fully saturated rings. The molecule has 1 aromatic carbocycles. The van der Waals surface area contributed by atoms with Crippen molar-refractivity contribution in [3.05, 3.63) is 29.8 Å². The summed E-state index contributed by atoms with van der Waals surface area (Å²) in [6.07, 6.45) is 2.46. The monoisotopic (exact) mass is 538 g/mol. The van der Waals surface area contributed by atoms with Gasteiger partial charge in [-0.05, 0) is 43.7 Å². The summed E-state index contributed by atoms with van der Waals surface area (Å²) >= 11 is 5.60. The molecule has 0 spiro atoms. The van der Waals surface area contributed by atoms with Crippen molar-refractivity contribution in [1.29, 1.82) is 0 Å². The first-order valence-corrected chi connectivity index (χ1v) is 14.0. The van der Waals surface area contributed by atoms with E-state index >= 15 is 0 Å². The molecule has 0 saturated heterocycles. The highest BCUT2D eigenvalue weighted by molar-refractivity contribution is 7.98. The largest absolute Gasteiger partial charge is 0.464 e. The third kappa shape index (κ3) is 6.62. The number of likely N-dealkylation sites (N-methyl/N-ethyl adjacent to an activating group) is 1. The molecule has 0 aromatic heterocycles. The number of Topliss-reactive ketones (excluding diaryl/α,β-unsaturated/α-hetero) is 1. The second-order valence-corrected chi connectivity index (χ2v) is 10.6. The van der Waals surface area contributed by atoms with E-state index in [1.54, 1.807) is 19.2 Å². The average molecular weight is 539 g/mol. The molecule has 9 nitrogen and oxygen atoms in total. The Hall–Kier alpha value is -2.08. The third-order valence-electron chi connectivity index (χ3n) is 6.21. The molecule has 0 bridgehead atoms. The van der Waals surface area contributed by atoms with Crippen molar-refractivity contribution in [3.63, 3.8) is 0 Å². The van der Waals surface area contributed by atoms with Gasteiger partial charge in [-0.15, -0.1) is 0 Å². The van der Waals surface area contributed by atoms with Gasteiger partial charge in [0, 0.05) is 24.1 Å². The maximum Gasteiger partial charge on any atom is 0.330 e. The number of carbonyl (C=O) groups excluding carboxylic acids is 4. The molecule has 2 unspecified atom stereocenters. The van der Waals surface area contributed by atoms with E-state index in [0.29, 0.717) is 17.9 Å². The minimum Gasteiger partial charge on any atom is -0.464 e. The van der Waals surface area contributed by atoms with Gasteiger partial charge < -0.3 is 26.0 Å². The highest BCUT2D eigenvalue weighted by Crippen LogP contribution is 2.35. The van der Waals surface area contributed by atoms with Gasteiger partial charge in [-0.2, -0.15) is 24.4 Å². The van der Waals surface area contributed by atoms with E-state index < -0.39 is 47.2 Å². The van der Waals surface area contributed by atoms with Gasteiger partial charge in [0.05, 0.1) is 18.7 Å². The number of anilines is 1. The summed E-state index contributed by atoms with van der Waals surface area (Å²) in [6.45, 7) is 5.30. The van der Waals surface area contributed by atoms with Crippen LogP contribution in [0.2, 0.25) is 0 Å². The number of esters is 1. The molecule has 0 radical (unpaired) electrons. The van der Waals surface area contributed by atoms with E-state index in [1.165, 1.54) is 23.6 Å². The Morgan fingerprint density at radius 3 is 2.50 bits per heavy atom. The van der Waals surface area contributed by atoms with Gasteiger partial charge in [0.25, 0.3) is 5.91 Å². The van der Waals surface area contributed by atoms with E-state index in [1.807, 2.05) is 32.2 Å². The summed E-state index contributed by atoms with van der Waals surface area (Å²) in [6, 6.07) is 4.41. The van der Waals surface area contributed by atoms with E-state index in [2.05, 4.69) is 23.3 Å². The van der Waals surface area contributed by atoms with Crippen molar-refractivity contribution in [3.8, 4) is 0 Å². The zero-order valence-corrected chi connectivity index (χ0v) is 23.3. The Labute approximate surface area is 223 Å². The molecule has 0 saturated carbocycles. The Morgan fingerprint density at radius 2 is 1.94 bits per heavy atom. The normalized spacial score (nSPS) is 20.2. The van der Waals surface area contributed by atoms with E-state index in [0.717, 1.165) is 5.56 Å². The van der Waals surface area contributed by atoms with Crippen LogP contribution in [0.4, 0.5) is 5.69 Å². The summed E-state index contributed by atoms with van der Waals surface area (Å²) in [5.41, 5.74) is 5.88. The molecule has 4 N–H and O–H groups in total. The molecule has 1 heterocycles. The molecule has 1 aliphatic heterocycles. The molecular formula is C25H38N4O5S2. The van der Waals surface area contributed by atoms with Crippen molar-refractivity contribution >= 4 is 53.6 Å². The lowest BCUT2D eigenvalue weighted by molar-refractivity contribution is -0.149. The first-order valence-electron chi connectivity index (χ1n) is 12.0. The van der Waals surface area contributed by atoms with Gasteiger partial charge in [-0.25, -0.2) is 4.79 Å². The number of ether oxygens (including phenoxy) is 1. The number of nitrogens with two attached hydrogens (primary N) is 1. The summed E-state index contributed by atoms with van der Waals surface area (Å²) in [5.74, 6) is -1.60. The molecule has 200 valence electrons. The molecule has 1 aliphatic rings. The number of amides is 2. The van der Waals surface area contributed by atoms with Crippen LogP contribution >= 0.6 is 24.4 Å². The number of aryl methyl sites for hydroxylation is 1. The minimum absolute atomic E-state index is 0.0762. The van der Waals surface area contributed by atoms with Crippen LogP contribution in [0.1, 0.15) is 32.8 Å². The maximum absolute atomic E-state index is 14.4. The van der Waals surface area contributed by atoms with Crippen LogP contribution in [-0.2, 0) is 30.3 Å². The molecule has 36 heavy (non-hydrogen) atoms. The maximum atomic E-state index is 14.4. The number of para-hydroxylation sites is 1. The molecular weight excluding hydrogens is 500 g/mol. The van der Waals surface area contributed by atoms with Crippen LogP contribution in [0.3, 0.4) is 0 Å². The molecule has 2 amide bonds. The molecule has 2 rings (SSSR count). The van der Waals surface area contributed by atoms with Crippen molar-refractivity contribution in [2.24, 2.45) is 11.7 Å². The second kappa shape index (κ2) is 13.5. The van der Waals surface area contributed by atoms with Gasteiger partial charge in [0.15, 0.2) is 11.3 Å². The fourth-order valence-corrected chi connectivity index (χ4v) is 5.22. The van der Waals surface area contributed by atoms with E-state index in [-0.39, 0.29) is 24.7 Å². The van der Waals surface area contributed by atoms with Gasteiger partial charge in [-0.3, -0.25) is 14.4 Å². The van der Waals surface area contributed by atoms with Gasteiger partial charge in [0.1, 0.15) is 6.04 Å². The van der Waals surface area contributed by atoms with Crippen LogP contribution in [0, 0.1) is 5.92 Å². The predicted octanol–water partition coefficient (Wildman–Crippen LogP) is 1.19. The SMILES string of the molecule is CN[C@]1(C(=O)C(N)CS)CCc2ccccc2N(C(CSC)[C@H](NC(C)=O)C(=O)OCC(C)C)C1=O. The third-order valence-corrected chi connectivity index (χ3v) is 7.28. The first kappa shape index (κ1) is 30.1. The number of fused-ring (bicyclic) bond motifs is 1. The standard InChI is InChI=1S/C25H38N4O5S2/c1-15(2)12-34-23(32)21(28-16(3)30)20(14-36-5)29-19-9-7-6-8-17(19)10-11-25(27-4,24(29)33)22(31)18(26)13-35/h6-9,15,18,20-21,27,35H,10-14,26H2,1-5H3,(H,28,30)/t18?,20?,21-,25-/m0/s1. The zero-order chi connectivity index (χ0) is 27.0. The zero-order valence-electron chi connectivity index (χ0n) is 21.6. The van der Waals surface area contributed by atoms with Crippen LogP contribution < -0.4 is 21.3 Å². The van der Waals surface area contributed by atoms with Gasteiger partial charge in [-0.1, -0.05) is 32.0 Å². The lowest BCUT2D eigenvalue weighted by atomic mass is 9.83. The smallest absolute Gasteiger partial charge is 0.330 e. The second-order valence-electron chi connectivity index (χ2n) is 9.34. The van der Waals surface area contributed by atoms with Crippen molar-refractivity contribution in [2.45, 2.75) is 57.3 Å². The van der Waals surface area contributed by atoms with E-state index in [9.17, 15) is 19.2 Å². The summed E-state index contributed by atoms with van der Waals surface area (Å²) < 4.78 is 5.51. The number of hydrogen-bond donors (Lipinski definition) is 4. The molecule has 11 heteroatoms. The highest BCUT2D eigenvalue weighted by atomic mass is 32.2. The summed E-state index contributed by atoms with van der Waals surface area (Å²) in [5, 5.41) is 5.67. The van der Waals surface area contributed by atoms with Crippen molar-refractivity contribution in [1.82, 2.24) is 10.6 Å². The topological polar surface area (TPSA) is 131 Å². The van der Waals surface area contributed by atoms with Crippen LogP contribution in [-0.4, -0.2) is 78.6 Å². The van der Waals surface area contributed by atoms with Crippen LogP contribution in [0.25, 0.3) is 0 Å². The van der Waals surface area contributed by atoms with Crippen molar-refractivity contribution in [2.75, 3.05) is 36.3 Å². The summed E-state index contributed by atoms with van der Waals surface area (Å²) in [4.78, 5) is 54.9. The van der Waals surface area contributed by atoms with E-state index in [4.69, 9.17) is 10.5 Å². The van der Waals surface area contributed by atoms with Crippen molar-refractivity contribution < 1.29 is 23.9 Å². The van der Waals surface area contributed by atoms with Crippen LogP contribution in [0.5, 0.6) is 0 Å². The fraction of sp³-hybridized carbons (Fsp3) is 0.600. The Morgan fingerprint density at radius 1 is 1.28 bits per heavy atom. The van der Waals surface area contributed by atoms with Gasteiger partial charge in [0.2, 0.25) is 5.91 Å². The Balaban J connectivity index is 2.72. The fourth-order valence-electron chi connectivity index (χ4n) is 4.37. The Bertz CT molecular complexity index is 960. The number of carbonyl (C=O) groups is 4. The Kier molecular flexibility index (Phi) is 11.3. The number of rotatable bonds is 12. The van der Waals surface area contributed by atoms with Crippen LogP contribution in [0.15, 0.2) is 24.3 Å². The number of thioether (sulfide) groups is 1. The number of thiol groups is 1. The average Bonchev–Trinajstić information content (AvgIpc) is 2.98. The predicted molar refractivity (Wildman–Crippen MR) is 146 cm³/mol. The number of nitrogens with one attached hydrogen (secondary N) is 2. The molecule has 4 atom stereocenters. The molecule has 1 aromatic rings. The highest BCUT2D eigenvalue weighted by Gasteiger charge is 2.53. The minimum atomic E-state index is -1.62. The number of nitrogens with zero attached hydrogens (tertiary/aromatic N) is 1.